The number of fused-ring (bicyclic) bond motifs is 1. The van der Waals surface area contributed by atoms with Crippen LogP contribution in [0.1, 0.15) is 20.3 Å². The molecule has 0 aliphatic rings. The Kier molecular flexibility index (Phi) is 4.60. The minimum atomic E-state index is -0.950. The molecule has 2 heterocycles. The zero-order valence-corrected chi connectivity index (χ0v) is 13.8. The number of aliphatic carboxylic acids is 1. The summed E-state index contributed by atoms with van der Waals surface area (Å²) in [4.78, 5) is 11.4. The summed E-state index contributed by atoms with van der Waals surface area (Å²) in [6.45, 7) is 3.90. The average Bonchev–Trinajstić information content (AvgIpc) is 2.97. The Hall–Kier alpha value is -3.03. The second kappa shape index (κ2) is 6.84. The summed E-state index contributed by atoms with van der Waals surface area (Å²) in [6, 6.07) is 8.73. The van der Waals surface area contributed by atoms with Crippen molar-refractivity contribution in [2.45, 2.75) is 26.3 Å². The molecule has 0 amide bonds. The van der Waals surface area contributed by atoms with Crippen molar-refractivity contribution in [3.63, 3.8) is 0 Å². The van der Waals surface area contributed by atoms with Crippen molar-refractivity contribution in [3.8, 4) is 11.4 Å². The van der Waals surface area contributed by atoms with Crippen LogP contribution >= 0.6 is 0 Å². The van der Waals surface area contributed by atoms with Crippen molar-refractivity contribution in [2.75, 3.05) is 5.32 Å². The van der Waals surface area contributed by atoms with E-state index in [4.69, 9.17) is 0 Å². The highest BCUT2D eigenvalue weighted by Crippen LogP contribution is 2.21. The van der Waals surface area contributed by atoms with Crippen molar-refractivity contribution in [1.82, 2.24) is 19.8 Å². The number of carboxylic acid groups (broad SMARTS) is 1. The summed E-state index contributed by atoms with van der Waals surface area (Å²) in [5.74, 6) is -0.555. The summed E-state index contributed by atoms with van der Waals surface area (Å²) in [5, 5.41) is 24.6. The van der Waals surface area contributed by atoms with Gasteiger partial charge in [0.05, 0.1) is 5.56 Å². The smallest absolute Gasteiger partial charge is 0.326 e. The molecule has 3 aromatic rings. The number of nitrogens with one attached hydrogen (secondary N) is 1. The maximum Gasteiger partial charge on any atom is 0.326 e. The maximum atomic E-state index is 14.0. The van der Waals surface area contributed by atoms with Crippen LogP contribution in [-0.4, -0.2) is 36.9 Å². The van der Waals surface area contributed by atoms with Crippen molar-refractivity contribution in [3.05, 3.63) is 42.2 Å². The van der Waals surface area contributed by atoms with Gasteiger partial charge in [-0.3, -0.25) is 0 Å². The highest BCUT2D eigenvalue weighted by molar-refractivity contribution is 5.76. The van der Waals surface area contributed by atoms with Crippen LogP contribution in [-0.2, 0) is 4.79 Å². The number of carbonyl (C=O) groups is 1. The van der Waals surface area contributed by atoms with Gasteiger partial charge in [-0.05, 0) is 36.6 Å². The fraction of sp³-hybridized carbons (Fsp3) is 0.294. The number of nitrogens with zero attached hydrogens (tertiary/aromatic N) is 4. The van der Waals surface area contributed by atoms with Gasteiger partial charge in [0.1, 0.15) is 17.7 Å². The molecule has 2 N–H and O–H groups in total. The lowest BCUT2D eigenvalue weighted by molar-refractivity contribution is -0.138. The third kappa shape index (κ3) is 3.57. The van der Waals surface area contributed by atoms with E-state index in [2.05, 4.69) is 20.6 Å². The first-order valence-electron chi connectivity index (χ1n) is 7.92. The SMILES string of the molecule is CC(C)C[C@@H](Nc1ccc2nnc(-c3ccccc3F)n2n1)C(=O)O. The van der Waals surface area contributed by atoms with E-state index < -0.39 is 17.8 Å². The molecule has 0 fully saturated rings. The average molecular weight is 343 g/mol. The van der Waals surface area contributed by atoms with E-state index in [0.717, 1.165) is 0 Å². The first-order chi connectivity index (χ1) is 12.0. The molecule has 0 spiro atoms. The molecule has 1 atom stereocenters. The van der Waals surface area contributed by atoms with Crippen LogP contribution in [0.3, 0.4) is 0 Å². The fourth-order valence-corrected chi connectivity index (χ4v) is 2.55. The first kappa shape index (κ1) is 16.8. The molecule has 0 saturated carbocycles. The highest BCUT2D eigenvalue weighted by atomic mass is 19.1. The van der Waals surface area contributed by atoms with Crippen LogP contribution in [0.5, 0.6) is 0 Å². The van der Waals surface area contributed by atoms with E-state index in [-0.39, 0.29) is 17.3 Å². The standard InChI is InChI=1S/C17H18FN5O2/c1-10(2)9-13(17(24)25)19-14-7-8-15-20-21-16(23(15)22-14)11-5-3-4-6-12(11)18/h3-8,10,13H,9H2,1-2H3,(H,19,22)(H,24,25)/t13-/m1/s1. The minimum Gasteiger partial charge on any atom is -0.480 e. The normalized spacial score (nSPS) is 12.5. The number of hydrogen-bond donors (Lipinski definition) is 2. The van der Waals surface area contributed by atoms with Gasteiger partial charge in [-0.1, -0.05) is 26.0 Å². The molecular formula is C17H18FN5O2. The Labute approximate surface area is 143 Å². The summed E-state index contributed by atoms with van der Waals surface area (Å²) in [5.41, 5.74) is 0.719. The van der Waals surface area contributed by atoms with E-state index in [1.54, 1.807) is 30.3 Å². The van der Waals surface area contributed by atoms with Crippen LogP contribution in [0.2, 0.25) is 0 Å². The van der Waals surface area contributed by atoms with Crippen molar-refractivity contribution in [2.24, 2.45) is 5.92 Å². The summed E-state index contributed by atoms with van der Waals surface area (Å²) in [6.07, 6.45) is 0.456. The molecule has 0 unspecified atom stereocenters. The quantitative estimate of drug-likeness (QED) is 0.715. The number of carboxylic acids is 1. The van der Waals surface area contributed by atoms with Gasteiger partial charge in [0.15, 0.2) is 11.5 Å². The van der Waals surface area contributed by atoms with E-state index in [1.165, 1.54) is 10.6 Å². The molecule has 0 aliphatic carbocycles. The third-order valence-electron chi connectivity index (χ3n) is 3.70. The summed E-state index contributed by atoms with van der Waals surface area (Å²) < 4.78 is 15.4. The van der Waals surface area contributed by atoms with E-state index in [9.17, 15) is 14.3 Å². The van der Waals surface area contributed by atoms with Crippen LogP contribution in [0.4, 0.5) is 10.2 Å². The lowest BCUT2D eigenvalue weighted by Crippen LogP contribution is -2.31. The maximum absolute atomic E-state index is 14.0. The molecular weight excluding hydrogens is 325 g/mol. The number of halogens is 1. The predicted molar refractivity (Wildman–Crippen MR) is 90.7 cm³/mol. The van der Waals surface area contributed by atoms with Gasteiger partial charge in [-0.25, -0.2) is 9.18 Å². The zero-order valence-electron chi connectivity index (χ0n) is 13.8. The van der Waals surface area contributed by atoms with Gasteiger partial charge < -0.3 is 10.4 Å². The molecule has 25 heavy (non-hydrogen) atoms. The predicted octanol–water partition coefficient (Wildman–Crippen LogP) is 2.84. The van der Waals surface area contributed by atoms with Gasteiger partial charge in [0.25, 0.3) is 0 Å². The van der Waals surface area contributed by atoms with Gasteiger partial charge in [-0.15, -0.1) is 15.3 Å². The molecule has 0 radical (unpaired) electrons. The Balaban J connectivity index is 1.98. The molecule has 0 aliphatic heterocycles. The van der Waals surface area contributed by atoms with Gasteiger partial charge in [0, 0.05) is 0 Å². The lowest BCUT2D eigenvalue weighted by atomic mass is 10.0. The van der Waals surface area contributed by atoms with Gasteiger partial charge in [0.2, 0.25) is 0 Å². The molecule has 3 rings (SSSR count). The topological polar surface area (TPSA) is 92.4 Å². The molecule has 130 valence electrons. The van der Waals surface area contributed by atoms with Crippen LogP contribution < -0.4 is 5.32 Å². The lowest BCUT2D eigenvalue weighted by Gasteiger charge is -2.16. The van der Waals surface area contributed by atoms with Crippen LogP contribution in [0.25, 0.3) is 17.0 Å². The first-order valence-corrected chi connectivity index (χ1v) is 7.92. The second-order valence-corrected chi connectivity index (χ2v) is 6.16. The monoisotopic (exact) mass is 343 g/mol. The largest absolute Gasteiger partial charge is 0.480 e. The van der Waals surface area contributed by atoms with E-state index >= 15 is 0 Å². The molecule has 0 bridgehead atoms. The summed E-state index contributed by atoms with van der Waals surface area (Å²) >= 11 is 0. The fourth-order valence-electron chi connectivity index (χ4n) is 2.55. The van der Waals surface area contributed by atoms with Crippen LogP contribution in [0, 0.1) is 11.7 Å². The molecule has 1 aromatic carbocycles. The van der Waals surface area contributed by atoms with Crippen molar-refractivity contribution in [1.29, 1.82) is 0 Å². The van der Waals surface area contributed by atoms with Gasteiger partial charge >= 0.3 is 5.97 Å². The molecule has 0 saturated heterocycles. The van der Waals surface area contributed by atoms with Crippen molar-refractivity contribution < 1.29 is 14.3 Å². The second-order valence-electron chi connectivity index (χ2n) is 6.16. The third-order valence-corrected chi connectivity index (χ3v) is 3.70. The number of rotatable bonds is 6. The number of benzene rings is 1. The Bertz CT molecular complexity index is 909. The molecule has 2 aromatic heterocycles. The van der Waals surface area contributed by atoms with E-state index in [1.807, 2.05) is 13.8 Å². The van der Waals surface area contributed by atoms with Crippen LogP contribution in [0.15, 0.2) is 36.4 Å². The number of hydrogen-bond acceptors (Lipinski definition) is 5. The summed E-state index contributed by atoms with van der Waals surface area (Å²) in [7, 11) is 0. The highest BCUT2D eigenvalue weighted by Gasteiger charge is 2.20. The molecule has 7 nitrogen and oxygen atoms in total. The Morgan fingerprint density at radius 1 is 1.24 bits per heavy atom. The number of aromatic nitrogens is 4. The van der Waals surface area contributed by atoms with Crippen molar-refractivity contribution >= 4 is 17.4 Å². The minimum absolute atomic E-state index is 0.209. The van der Waals surface area contributed by atoms with E-state index in [0.29, 0.717) is 17.9 Å². The molecule has 8 heteroatoms. The zero-order chi connectivity index (χ0) is 18.0. The number of anilines is 1. The van der Waals surface area contributed by atoms with Gasteiger partial charge in [-0.2, -0.15) is 4.52 Å². The Morgan fingerprint density at radius 2 is 2.00 bits per heavy atom. The Morgan fingerprint density at radius 3 is 2.68 bits per heavy atom.